The zero-order valence-electron chi connectivity index (χ0n) is 12.3. The van der Waals surface area contributed by atoms with Gasteiger partial charge in [-0.15, -0.1) is 0 Å². The molecule has 4 nitrogen and oxygen atoms in total. The second-order valence-corrected chi connectivity index (χ2v) is 5.32. The summed E-state index contributed by atoms with van der Waals surface area (Å²) < 4.78 is 5.49. The van der Waals surface area contributed by atoms with Crippen molar-refractivity contribution in [2.75, 3.05) is 0 Å². The van der Waals surface area contributed by atoms with Crippen LogP contribution in [0.3, 0.4) is 0 Å². The van der Waals surface area contributed by atoms with Crippen molar-refractivity contribution in [2.45, 2.75) is 12.2 Å². The molecule has 1 aliphatic carbocycles. The van der Waals surface area contributed by atoms with Crippen molar-refractivity contribution in [3.05, 3.63) is 84.0 Å². The third-order valence-corrected chi connectivity index (χ3v) is 3.56. The summed E-state index contributed by atoms with van der Waals surface area (Å²) in [6.07, 6.45) is 2.53. The van der Waals surface area contributed by atoms with Crippen molar-refractivity contribution in [3.63, 3.8) is 0 Å². The molecular weight excluding hydrogens is 292 g/mol. The van der Waals surface area contributed by atoms with Crippen LogP contribution in [0.1, 0.15) is 12.0 Å². The molecule has 1 unspecified atom stereocenters. The average molecular weight is 308 g/mol. The van der Waals surface area contributed by atoms with Crippen LogP contribution in [0.25, 0.3) is 5.76 Å². The summed E-state index contributed by atoms with van der Waals surface area (Å²) in [7, 11) is 0. The molecule has 0 spiro atoms. The first-order chi connectivity index (χ1) is 11.1. The van der Waals surface area contributed by atoms with Gasteiger partial charge in [0.2, 0.25) is 5.79 Å². The topological polar surface area (TPSA) is 66.8 Å². The fourth-order valence-corrected chi connectivity index (χ4v) is 2.42. The van der Waals surface area contributed by atoms with Crippen LogP contribution in [0.15, 0.2) is 78.4 Å². The molecule has 116 valence electrons. The van der Waals surface area contributed by atoms with Gasteiger partial charge in [-0.2, -0.15) is 0 Å². The maximum absolute atomic E-state index is 12.3. The first-order valence-electron chi connectivity index (χ1n) is 7.25. The van der Waals surface area contributed by atoms with Gasteiger partial charge in [-0.3, -0.25) is 4.79 Å². The van der Waals surface area contributed by atoms with E-state index in [1.807, 2.05) is 12.1 Å². The lowest BCUT2D eigenvalue weighted by Crippen LogP contribution is -2.39. The van der Waals surface area contributed by atoms with Crippen LogP contribution in [0, 0.1) is 0 Å². The maximum Gasteiger partial charge on any atom is 0.235 e. The van der Waals surface area contributed by atoms with Crippen molar-refractivity contribution >= 4 is 11.5 Å². The molecule has 2 aromatic carbocycles. The number of carbonyl (C=O) groups excluding carboxylic acids is 1. The molecule has 0 fully saturated rings. The van der Waals surface area contributed by atoms with E-state index < -0.39 is 5.79 Å². The number of para-hydroxylation sites is 1. The molecule has 2 N–H and O–H groups in total. The van der Waals surface area contributed by atoms with Gasteiger partial charge in [0.25, 0.3) is 0 Å². The number of hydrogen-bond acceptors (Lipinski definition) is 4. The second kappa shape index (κ2) is 6.10. The van der Waals surface area contributed by atoms with Crippen LogP contribution in [0.4, 0.5) is 0 Å². The number of ketones is 1. The van der Waals surface area contributed by atoms with Crippen LogP contribution in [0.2, 0.25) is 0 Å². The first-order valence-corrected chi connectivity index (χ1v) is 7.25. The van der Waals surface area contributed by atoms with E-state index in [2.05, 4.69) is 0 Å². The van der Waals surface area contributed by atoms with Crippen molar-refractivity contribution in [1.29, 1.82) is 0 Å². The van der Waals surface area contributed by atoms with Gasteiger partial charge in [0, 0.05) is 5.56 Å². The molecule has 0 saturated carbocycles. The molecular formula is C19H16O4. The van der Waals surface area contributed by atoms with Crippen LogP contribution in [-0.2, 0) is 4.79 Å². The van der Waals surface area contributed by atoms with E-state index in [-0.39, 0.29) is 23.5 Å². The predicted molar refractivity (Wildman–Crippen MR) is 86.8 cm³/mol. The van der Waals surface area contributed by atoms with E-state index in [1.54, 1.807) is 48.5 Å². The molecule has 0 bridgehead atoms. The summed E-state index contributed by atoms with van der Waals surface area (Å²) >= 11 is 0. The minimum Gasteiger partial charge on any atom is -0.507 e. The van der Waals surface area contributed by atoms with E-state index in [1.165, 1.54) is 12.2 Å². The molecule has 0 aromatic heterocycles. The Morgan fingerprint density at radius 1 is 1.00 bits per heavy atom. The van der Waals surface area contributed by atoms with Gasteiger partial charge in [0.1, 0.15) is 11.5 Å². The summed E-state index contributed by atoms with van der Waals surface area (Å²) in [5.41, 5.74) is 0.715. The van der Waals surface area contributed by atoms with Crippen molar-refractivity contribution < 1.29 is 19.7 Å². The summed E-state index contributed by atoms with van der Waals surface area (Å²) in [4.78, 5) is 12.3. The fraction of sp³-hybridized carbons (Fsp3) is 0.105. The van der Waals surface area contributed by atoms with Crippen LogP contribution >= 0.6 is 0 Å². The summed E-state index contributed by atoms with van der Waals surface area (Å²) in [6.45, 7) is 0. The second-order valence-electron chi connectivity index (χ2n) is 5.32. The molecule has 2 aromatic rings. The molecule has 3 rings (SSSR count). The van der Waals surface area contributed by atoms with E-state index in [0.29, 0.717) is 11.3 Å². The lowest BCUT2D eigenvalue weighted by Gasteiger charge is -2.28. The largest absolute Gasteiger partial charge is 0.507 e. The molecule has 23 heavy (non-hydrogen) atoms. The maximum atomic E-state index is 12.3. The minimum absolute atomic E-state index is 0.103. The molecule has 1 atom stereocenters. The van der Waals surface area contributed by atoms with Crippen molar-refractivity contribution in [2.24, 2.45) is 0 Å². The normalized spacial score (nSPS) is 22.7. The molecule has 0 radical (unpaired) electrons. The minimum atomic E-state index is -1.71. The van der Waals surface area contributed by atoms with E-state index >= 15 is 0 Å². The fourth-order valence-electron chi connectivity index (χ4n) is 2.42. The molecule has 0 saturated heterocycles. The Morgan fingerprint density at radius 2 is 1.61 bits per heavy atom. The zero-order valence-corrected chi connectivity index (χ0v) is 12.3. The Labute approximate surface area is 134 Å². The lowest BCUT2D eigenvalue weighted by molar-refractivity contribution is -0.135. The van der Waals surface area contributed by atoms with Crippen molar-refractivity contribution in [3.8, 4) is 5.75 Å². The van der Waals surface area contributed by atoms with Gasteiger partial charge < -0.3 is 14.9 Å². The predicted octanol–water partition coefficient (Wildman–Crippen LogP) is 3.25. The van der Waals surface area contributed by atoms with Gasteiger partial charge in [0.15, 0.2) is 5.78 Å². The number of benzene rings is 2. The Morgan fingerprint density at radius 3 is 2.22 bits per heavy atom. The molecule has 0 amide bonds. The molecule has 4 heteroatoms. The Balaban J connectivity index is 1.88. The van der Waals surface area contributed by atoms with E-state index in [9.17, 15) is 15.0 Å². The molecule has 0 heterocycles. The quantitative estimate of drug-likeness (QED) is 0.519. The van der Waals surface area contributed by atoms with E-state index in [0.717, 1.165) is 0 Å². The van der Waals surface area contributed by atoms with Crippen LogP contribution < -0.4 is 4.74 Å². The number of carbonyl (C=O) groups is 1. The van der Waals surface area contributed by atoms with Gasteiger partial charge >= 0.3 is 0 Å². The number of rotatable bonds is 3. The first kappa shape index (κ1) is 15.1. The smallest absolute Gasteiger partial charge is 0.235 e. The highest BCUT2D eigenvalue weighted by molar-refractivity contribution is 6.05. The highest BCUT2D eigenvalue weighted by Crippen LogP contribution is 2.29. The van der Waals surface area contributed by atoms with E-state index in [4.69, 9.17) is 4.74 Å². The Bertz CT molecular complexity index is 762. The number of allylic oxidation sites excluding steroid dienone is 2. The van der Waals surface area contributed by atoms with Crippen LogP contribution in [-0.4, -0.2) is 21.8 Å². The zero-order chi connectivity index (χ0) is 16.3. The third kappa shape index (κ3) is 3.33. The molecule has 0 aliphatic heterocycles. The van der Waals surface area contributed by atoms with Gasteiger partial charge in [-0.1, -0.05) is 48.5 Å². The number of aliphatic hydroxyl groups excluding tert-OH is 1. The highest BCUT2D eigenvalue weighted by atomic mass is 16.6. The number of hydrogen-bond donors (Lipinski definition) is 2. The van der Waals surface area contributed by atoms with Gasteiger partial charge in [-0.25, -0.2) is 0 Å². The third-order valence-electron chi connectivity index (χ3n) is 3.56. The Hall–Kier alpha value is -2.85. The summed E-state index contributed by atoms with van der Waals surface area (Å²) in [6, 6.07) is 17.6. The number of aliphatic hydroxyl groups is 2. The SMILES string of the molecule is O=C1CC(O)(Oc2ccccc2)C=CC1=C(O)c1ccccc1. The van der Waals surface area contributed by atoms with Gasteiger partial charge in [-0.05, 0) is 24.3 Å². The standard InChI is InChI=1S/C19H16O4/c20-17-13-19(22,23-15-9-5-2-6-10-15)12-11-16(17)18(21)14-7-3-1-4-8-14/h1-12,21-22H,13H2. The van der Waals surface area contributed by atoms with Crippen molar-refractivity contribution in [1.82, 2.24) is 0 Å². The average Bonchev–Trinajstić information content (AvgIpc) is 2.56. The highest BCUT2D eigenvalue weighted by Gasteiger charge is 2.35. The molecule has 1 aliphatic rings. The lowest BCUT2D eigenvalue weighted by atomic mass is 9.93. The number of ether oxygens (including phenoxy) is 1. The summed E-state index contributed by atoms with van der Waals surface area (Å²) in [5.74, 6) is -1.73. The van der Waals surface area contributed by atoms with Gasteiger partial charge in [0.05, 0.1) is 12.0 Å². The number of Topliss-reactive ketones (excluding diaryl/α,β-unsaturated/α-hetero) is 1. The summed E-state index contributed by atoms with van der Waals surface area (Å²) in [5, 5.41) is 20.7. The monoisotopic (exact) mass is 308 g/mol. The Kier molecular flexibility index (Phi) is 4.00. The van der Waals surface area contributed by atoms with Crippen LogP contribution in [0.5, 0.6) is 5.75 Å².